The summed E-state index contributed by atoms with van der Waals surface area (Å²) >= 11 is 0. The van der Waals surface area contributed by atoms with Crippen molar-refractivity contribution in [3.8, 4) is 0 Å². The van der Waals surface area contributed by atoms with Gasteiger partial charge in [-0.3, -0.25) is 5.32 Å². The molecule has 0 spiro atoms. The summed E-state index contributed by atoms with van der Waals surface area (Å²) in [7, 11) is 1.39. The monoisotopic (exact) mass is 428 g/mol. The van der Waals surface area contributed by atoms with Gasteiger partial charge in [-0.2, -0.15) is 0 Å². The molecule has 31 heavy (non-hydrogen) atoms. The van der Waals surface area contributed by atoms with Crippen molar-refractivity contribution in [2.75, 3.05) is 18.2 Å². The molecule has 9 heteroatoms. The number of amides is 2. The average molecular weight is 429 g/mol. The highest BCUT2D eigenvalue weighted by Gasteiger charge is 2.41. The highest BCUT2D eigenvalue weighted by molar-refractivity contribution is 5.97. The van der Waals surface area contributed by atoms with Crippen LogP contribution in [0, 0.1) is 0 Å². The molecule has 3 rings (SSSR count). The van der Waals surface area contributed by atoms with E-state index < -0.39 is 23.8 Å². The van der Waals surface area contributed by atoms with Crippen LogP contribution in [0.25, 0.3) is 0 Å². The van der Waals surface area contributed by atoms with Crippen molar-refractivity contribution < 1.29 is 25.2 Å². The zero-order valence-corrected chi connectivity index (χ0v) is 17.8. The maximum atomic E-state index is 12.8. The van der Waals surface area contributed by atoms with Crippen LogP contribution in [0.15, 0.2) is 36.4 Å². The van der Waals surface area contributed by atoms with E-state index in [1.54, 1.807) is 0 Å². The number of anilines is 2. The topological polar surface area (TPSA) is 155 Å². The van der Waals surface area contributed by atoms with Crippen LogP contribution in [-0.2, 0) is 4.74 Å². The molecule has 1 saturated carbocycles. The predicted octanol–water partition coefficient (Wildman–Crippen LogP) is 1.04. The van der Waals surface area contributed by atoms with E-state index in [-0.39, 0.29) is 28.7 Å². The Morgan fingerprint density at radius 3 is 2.52 bits per heavy atom. The molecule has 1 aromatic carbocycles. The van der Waals surface area contributed by atoms with Crippen molar-refractivity contribution in [1.82, 2.24) is 10.3 Å². The second kappa shape index (κ2) is 9.32. The molecule has 0 saturated heterocycles. The Hall–Kier alpha value is -3.17. The van der Waals surface area contributed by atoms with Gasteiger partial charge in [-0.1, -0.05) is 43.2 Å². The third-order valence-corrected chi connectivity index (χ3v) is 5.60. The number of aliphatic hydroxyl groups is 2. The predicted molar refractivity (Wildman–Crippen MR) is 117 cm³/mol. The highest BCUT2D eigenvalue weighted by atomic mass is 16.5. The van der Waals surface area contributed by atoms with Crippen LogP contribution in [0.4, 0.5) is 16.3 Å². The first-order chi connectivity index (χ1) is 14.7. The van der Waals surface area contributed by atoms with Crippen LogP contribution in [-0.4, -0.2) is 39.8 Å². The molecular formula is C22H30N5O4+. The number of carbonyl (C=O) groups excluding carboxylic acids is 1. The van der Waals surface area contributed by atoms with E-state index in [0.29, 0.717) is 12.8 Å². The summed E-state index contributed by atoms with van der Waals surface area (Å²) in [5.41, 5.74) is 6.54. The number of methoxy groups -OCH3 is 1. The molecule has 2 amide bonds. The third kappa shape index (κ3) is 4.95. The van der Waals surface area contributed by atoms with E-state index >= 15 is 0 Å². The maximum Gasteiger partial charge on any atom is 0.370 e. The standard InChI is InChI=1S/C22H29N5O4/c1-13(28)18-17(20(24)31-2)15(23)12-16(25-18)26-21(29)27-19(14-8-4-3-5-9-14)22(30)10-6-7-11-22/h3-5,8-9,12-13,19,24,28,30H,6-7,10-11H2,1-2H3,(H4,23,25,26,27,29)/p+1/t13?,19-/m0/s1. The zero-order valence-electron chi connectivity index (χ0n) is 17.8. The van der Waals surface area contributed by atoms with Crippen molar-refractivity contribution in [1.29, 1.82) is 0 Å². The minimum atomic E-state index is -1.03. The summed E-state index contributed by atoms with van der Waals surface area (Å²) in [6.45, 7) is 1.51. The number of urea groups is 1. The number of nitrogens with two attached hydrogens (primary N) is 2. The molecule has 1 aliphatic rings. The number of nitrogens with one attached hydrogen (secondary N) is 2. The van der Waals surface area contributed by atoms with Crippen LogP contribution in [0.2, 0.25) is 0 Å². The van der Waals surface area contributed by atoms with Crippen LogP contribution in [0.3, 0.4) is 0 Å². The number of hydrogen-bond donors (Lipinski definition) is 6. The number of benzene rings is 1. The van der Waals surface area contributed by atoms with Gasteiger partial charge in [0.15, 0.2) is 0 Å². The van der Waals surface area contributed by atoms with Gasteiger partial charge in [0.25, 0.3) is 0 Å². The van der Waals surface area contributed by atoms with Crippen LogP contribution in [0.1, 0.15) is 61.6 Å². The Labute approximate surface area is 181 Å². The molecular weight excluding hydrogens is 398 g/mol. The molecule has 2 atom stereocenters. The average Bonchev–Trinajstić information content (AvgIpc) is 3.19. The fourth-order valence-corrected chi connectivity index (χ4v) is 4.05. The van der Waals surface area contributed by atoms with Crippen molar-refractivity contribution in [2.45, 2.75) is 50.4 Å². The molecule has 0 bridgehead atoms. The first kappa shape index (κ1) is 22.5. The van der Waals surface area contributed by atoms with Crippen molar-refractivity contribution >= 4 is 23.4 Å². The molecule has 0 radical (unpaired) electrons. The minimum absolute atomic E-state index is 0.0181. The van der Waals surface area contributed by atoms with E-state index in [1.807, 2.05) is 30.3 Å². The van der Waals surface area contributed by atoms with Gasteiger partial charge in [0.05, 0.1) is 36.2 Å². The summed E-state index contributed by atoms with van der Waals surface area (Å²) in [5, 5.41) is 32.6. The Bertz CT molecular complexity index is 942. The van der Waals surface area contributed by atoms with Crippen molar-refractivity contribution in [3.05, 3.63) is 53.2 Å². The molecule has 1 aromatic heterocycles. The number of rotatable bonds is 6. The van der Waals surface area contributed by atoms with Gasteiger partial charge in [-0.25, -0.2) is 15.2 Å². The molecule has 2 aromatic rings. The molecule has 1 heterocycles. The maximum absolute atomic E-state index is 12.8. The fraction of sp³-hybridized carbons (Fsp3) is 0.409. The normalized spacial score (nSPS) is 16.9. The Balaban J connectivity index is 1.85. The number of aliphatic hydroxyl groups excluding tert-OH is 1. The second-order valence-electron chi connectivity index (χ2n) is 7.85. The quantitative estimate of drug-likeness (QED) is 0.298. The van der Waals surface area contributed by atoms with Gasteiger partial charge in [0, 0.05) is 6.07 Å². The molecule has 1 fully saturated rings. The SMILES string of the molecule is COC(=[NH2+])c1c(N)cc(NC(=O)N[C@@H](c2ccccc2)C2(O)CCCC2)nc1C(C)O. The molecule has 0 aliphatic heterocycles. The van der Waals surface area contributed by atoms with E-state index in [2.05, 4.69) is 15.6 Å². The number of nitrogen functional groups attached to an aromatic ring is 1. The van der Waals surface area contributed by atoms with Gasteiger partial charge < -0.3 is 26.0 Å². The summed E-state index contributed by atoms with van der Waals surface area (Å²) in [6.07, 6.45) is 2.01. The first-order valence-corrected chi connectivity index (χ1v) is 10.3. The number of ether oxygens (including phenoxy) is 1. The summed E-state index contributed by atoms with van der Waals surface area (Å²) < 4.78 is 5.03. The molecule has 166 valence electrons. The number of pyridine rings is 1. The largest absolute Gasteiger partial charge is 0.448 e. The molecule has 1 aliphatic carbocycles. The molecule has 9 nitrogen and oxygen atoms in total. The Morgan fingerprint density at radius 1 is 1.29 bits per heavy atom. The van der Waals surface area contributed by atoms with Crippen LogP contribution in [0.5, 0.6) is 0 Å². The van der Waals surface area contributed by atoms with Crippen LogP contribution >= 0.6 is 0 Å². The Kier molecular flexibility index (Phi) is 6.77. The number of carbonyl (C=O) groups is 1. The van der Waals surface area contributed by atoms with Crippen molar-refractivity contribution in [2.24, 2.45) is 0 Å². The van der Waals surface area contributed by atoms with E-state index in [9.17, 15) is 15.0 Å². The lowest BCUT2D eigenvalue weighted by molar-refractivity contribution is -0.135. The van der Waals surface area contributed by atoms with Crippen LogP contribution < -0.4 is 21.8 Å². The van der Waals surface area contributed by atoms with Gasteiger partial charge in [-0.05, 0) is 25.3 Å². The van der Waals surface area contributed by atoms with Gasteiger partial charge in [0.1, 0.15) is 11.4 Å². The lowest BCUT2D eigenvalue weighted by Gasteiger charge is -2.33. The smallest absolute Gasteiger partial charge is 0.370 e. The first-order valence-electron chi connectivity index (χ1n) is 10.3. The number of hydrogen-bond acceptors (Lipinski definition) is 6. The lowest BCUT2D eigenvalue weighted by atomic mass is 9.87. The number of aromatic nitrogens is 1. The van der Waals surface area contributed by atoms with Gasteiger partial charge in [-0.15, -0.1) is 0 Å². The second-order valence-corrected chi connectivity index (χ2v) is 7.85. The lowest BCUT2D eigenvalue weighted by Crippen LogP contribution is -2.46. The fourth-order valence-electron chi connectivity index (χ4n) is 4.05. The summed E-state index contributed by atoms with van der Waals surface area (Å²) in [5.74, 6) is 0.160. The summed E-state index contributed by atoms with van der Waals surface area (Å²) in [6, 6.07) is 9.68. The highest BCUT2D eigenvalue weighted by Crippen LogP contribution is 2.39. The minimum Gasteiger partial charge on any atom is -0.448 e. The zero-order chi connectivity index (χ0) is 22.6. The van der Waals surface area contributed by atoms with E-state index in [4.69, 9.17) is 15.9 Å². The van der Waals surface area contributed by atoms with E-state index in [0.717, 1.165) is 18.4 Å². The van der Waals surface area contributed by atoms with Gasteiger partial charge in [0.2, 0.25) is 0 Å². The van der Waals surface area contributed by atoms with Crippen molar-refractivity contribution in [3.63, 3.8) is 0 Å². The van der Waals surface area contributed by atoms with Gasteiger partial charge >= 0.3 is 11.9 Å². The third-order valence-electron chi connectivity index (χ3n) is 5.60. The molecule has 1 unspecified atom stereocenters. The van der Waals surface area contributed by atoms with E-state index in [1.165, 1.54) is 20.1 Å². The molecule has 8 N–H and O–H groups in total. The number of nitrogens with zero attached hydrogens (tertiary/aromatic N) is 1. The Morgan fingerprint density at radius 2 is 1.94 bits per heavy atom. The summed E-state index contributed by atoms with van der Waals surface area (Å²) in [4.78, 5) is 17.1.